The number of hydrogen-bond acceptors (Lipinski definition) is 5. The third-order valence-electron chi connectivity index (χ3n) is 3.45. The highest BCUT2D eigenvalue weighted by Gasteiger charge is 2.29. The fourth-order valence-electron chi connectivity index (χ4n) is 2.23. The van der Waals surface area contributed by atoms with Crippen molar-refractivity contribution in [1.82, 2.24) is 10.2 Å². The lowest BCUT2D eigenvalue weighted by molar-refractivity contribution is -0.150. The number of piperidine rings is 1. The molecule has 1 saturated heterocycles. The molecule has 0 bridgehead atoms. The highest BCUT2D eigenvalue weighted by atomic mass is 35.5. The molecule has 0 atom stereocenters. The Labute approximate surface area is 136 Å². The zero-order valence-corrected chi connectivity index (χ0v) is 13.6. The van der Waals surface area contributed by atoms with Crippen molar-refractivity contribution >= 4 is 23.5 Å². The molecule has 1 aliphatic heterocycles. The highest BCUT2D eigenvalue weighted by molar-refractivity contribution is 6.17. The van der Waals surface area contributed by atoms with Crippen LogP contribution in [-0.2, 0) is 14.3 Å². The number of alkyl halides is 1. The number of hydrogen-bond donors (Lipinski definition) is 1. The van der Waals surface area contributed by atoms with E-state index in [4.69, 9.17) is 21.6 Å². The van der Waals surface area contributed by atoms with Gasteiger partial charge in [0.15, 0.2) is 0 Å². The Morgan fingerprint density at radius 1 is 1.45 bits per heavy atom. The van der Waals surface area contributed by atoms with Gasteiger partial charge in [-0.1, -0.05) is 0 Å². The minimum Gasteiger partial charge on any atom is -0.466 e. The number of likely N-dealkylation sites (tertiary alicyclic amines) is 1. The van der Waals surface area contributed by atoms with Gasteiger partial charge in [0.05, 0.1) is 12.5 Å². The molecule has 0 aliphatic carbocycles. The van der Waals surface area contributed by atoms with Gasteiger partial charge in [-0.15, -0.1) is 11.6 Å². The van der Waals surface area contributed by atoms with Crippen molar-refractivity contribution in [2.24, 2.45) is 5.92 Å². The van der Waals surface area contributed by atoms with E-state index in [1.165, 1.54) is 6.20 Å². The van der Waals surface area contributed by atoms with Crippen LogP contribution in [0.5, 0.6) is 0 Å². The minimum absolute atomic E-state index is 0.0733. The van der Waals surface area contributed by atoms with E-state index in [2.05, 4.69) is 5.32 Å². The van der Waals surface area contributed by atoms with Crippen molar-refractivity contribution in [3.8, 4) is 6.07 Å². The molecule has 0 spiro atoms. The number of halogens is 1. The van der Waals surface area contributed by atoms with Crippen LogP contribution in [0.1, 0.15) is 26.2 Å². The lowest BCUT2D eigenvalue weighted by Gasteiger charge is -2.30. The summed E-state index contributed by atoms with van der Waals surface area (Å²) in [6.07, 6.45) is 3.34. The Morgan fingerprint density at radius 3 is 2.68 bits per heavy atom. The van der Waals surface area contributed by atoms with Crippen LogP contribution in [0.2, 0.25) is 0 Å². The smallest absolute Gasteiger partial charge is 0.309 e. The molecule has 6 nitrogen and oxygen atoms in total. The van der Waals surface area contributed by atoms with Gasteiger partial charge in [0, 0.05) is 31.7 Å². The van der Waals surface area contributed by atoms with E-state index in [9.17, 15) is 9.59 Å². The summed E-state index contributed by atoms with van der Waals surface area (Å²) in [7, 11) is 0. The van der Waals surface area contributed by atoms with Gasteiger partial charge in [-0.2, -0.15) is 5.26 Å². The summed E-state index contributed by atoms with van der Waals surface area (Å²) in [5, 5.41) is 12.0. The molecule has 1 amide bonds. The van der Waals surface area contributed by atoms with Crippen molar-refractivity contribution in [3.63, 3.8) is 0 Å². The molecule has 7 heteroatoms. The second-order valence-corrected chi connectivity index (χ2v) is 5.36. The van der Waals surface area contributed by atoms with Gasteiger partial charge in [0.2, 0.25) is 0 Å². The number of rotatable bonds is 7. The number of nitrogens with one attached hydrogen (secondary N) is 1. The first-order valence-corrected chi connectivity index (χ1v) is 8.03. The van der Waals surface area contributed by atoms with E-state index < -0.39 is 0 Å². The van der Waals surface area contributed by atoms with Crippen LogP contribution in [0.4, 0.5) is 0 Å². The fourth-order valence-corrected chi connectivity index (χ4v) is 2.37. The van der Waals surface area contributed by atoms with Gasteiger partial charge in [0.1, 0.15) is 11.6 Å². The number of carbonyl (C=O) groups is 2. The van der Waals surface area contributed by atoms with Crippen molar-refractivity contribution < 1.29 is 14.3 Å². The lowest BCUT2D eigenvalue weighted by atomic mass is 9.96. The van der Waals surface area contributed by atoms with E-state index in [1.807, 2.05) is 6.07 Å². The Balaban J connectivity index is 2.49. The summed E-state index contributed by atoms with van der Waals surface area (Å²) in [4.78, 5) is 25.5. The van der Waals surface area contributed by atoms with Crippen molar-refractivity contribution in [1.29, 1.82) is 5.26 Å². The predicted octanol–water partition coefficient (Wildman–Crippen LogP) is 1.41. The number of amides is 1. The summed E-state index contributed by atoms with van der Waals surface area (Å²) >= 11 is 5.56. The number of ether oxygens (including phenoxy) is 1. The highest BCUT2D eigenvalue weighted by Crippen LogP contribution is 2.19. The average Bonchev–Trinajstić information content (AvgIpc) is 2.55. The first-order valence-electron chi connectivity index (χ1n) is 7.49. The Kier molecular flexibility index (Phi) is 8.38. The maximum Gasteiger partial charge on any atom is 0.309 e. The normalized spacial score (nSPS) is 16.0. The van der Waals surface area contributed by atoms with Crippen LogP contribution in [0.3, 0.4) is 0 Å². The molecular formula is C15H22ClN3O3. The first-order chi connectivity index (χ1) is 10.6. The topological polar surface area (TPSA) is 82.4 Å². The van der Waals surface area contributed by atoms with E-state index >= 15 is 0 Å². The Morgan fingerprint density at radius 2 is 2.14 bits per heavy atom. The molecule has 1 fully saturated rings. The van der Waals surface area contributed by atoms with E-state index in [0.717, 1.165) is 6.42 Å². The van der Waals surface area contributed by atoms with Crippen molar-refractivity contribution in [2.75, 3.05) is 32.1 Å². The number of nitriles is 1. The van der Waals surface area contributed by atoms with E-state index in [0.29, 0.717) is 45.0 Å². The van der Waals surface area contributed by atoms with Crippen molar-refractivity contribution in [3.05, 3.63) is 11.8 Å². The van der Waals surface area contributed by atoms with Gasteiger partial charge >= 0.3 is 5.97 Å². The maximum atomic E-state index is 12.2. The molecular weight excluding hydrogens is 306 g/mol. The predicted molar refractivity (Wildman–Crippen MR) is 83.0 cm³/mol. The largest absolute Gasteiger partial charge is 0.466 e. The molecule has 0 unspecified atom stereocenters. The SMILES string of the molecule is CCOC(=O)C1CCN(C(=O)/C(C#N)=C\NCCCCl)CC1. The lowest BCUT2D eigenvalue weighted by Crippen LogP contribution is -2.41. The zero-order chi connectivity index (χ0) is 16.4. The van der Waals surface area contributed by atoms with Crippen LogP contribution in [-0.4, -0.2) is 48.9 Å². The molecule has 1 aliphatic rings. The first kappa shape index (κ1) is 18.3. The molecule has 122 valence electrons. The summed E-state index contributed by atoms with van der Waals surface area (Å²) in [6, 6.07) is 1.91. The van der Waals surface area contributed by atoms with Gasteiger partial charge in [0.25, 0.3) is 5.91 Å². The number of esters is 1. The van der Waals surface area contributed by atoms with Gasteiger partial charge < -0.3 is 15.0 Å². The van der Waals surface area contributed by atoms with Crippen LogP contribution < -0.4 is 5.32 Å². The molecule has 1 N–H and O–H groups in total. The molecule has 0 aromatic carbocycles. The summed E-state index contributed by atoms with van der Waals surface area (Å²) in [5.41, 5.74) is 0.0733. The van der Waals surface area contributed by atoms with Crippen LogP contribution in [0.25, 0.3) is 0 Å². The Hall–Kier alpha value is -1.74. The molecule has 22 heavy (non-hydrogen) atoms. The van der Waals surface area contributed by atoms with Gasteiger partial charge in [-0.3, -0.25) is 9.59 Å². The summed E-state index contributed by atoms with van der Waals surface area (Å²) in [6.45, 7) is 3.68. The Bertz CT molecular complexity index is 451. The van der Waals surface area contributed by atoms with E-state index in [-0.39, 0.29) is 23.4 Å². The van der Waals surface area contributed by atoms with E-state index in [1.54, 1.807) is 11.8 Å². The molecule has 0 radical (unpaired) electrons. The molecule has 0 aromatic rings. The molecule has 1 rings (SSSR count). The van der Waals surface area contributed by atoms with Crippen molar-refractivity contribution in [2.45, 2.75) is 26.2 Å². The van der Waals surface area contributed by atoms with Gasteiger partial charge in [-0.25, -0.2) is 0 Å². The quantitative estimate of drug-likeness (QED) is 0.251. The standard InChI is InChI=1S/C15H22ClN3O3/c1-2-22-15(21)12-4-8-19(9-5-12)14(20)13(10-17)11-18-7-3-6-16/h11-12,18H,2-9H2,1H3/b13-11-. The van der Waals surface area contributed by atoms with Gasteiger partial charge in [-0.05, 0) is 26.2 Å². The van der Waals surface area contributed by atoms with Crippen LogP contribution >= 0.6 is 11.6 Å². The van der Waals surface area contributed by atoms with Crippen LogP contribution in [0.15, 0.2) is 11.8 Å². The molecule has 1 heterocycles. The second kappa shape index (κ2) is 10.1. The zero-order valence-electron chi connectivity index (χ0n) is 12.8. The number of nitrogens with zero attached hydrogens (tertiary/aromatic N) is 2. The fraction of sp³-hybridized carbons (Fsp3) is 0.667. The molecule has 0 aromatic heterocycles. The third-order valence-corrected chi connectivity index (χ3v) is 3.72. The third kappa shape index (κ3) is 5.57. The summed E-state index contributed by atoms with van der Waals surface area (Å²) in [5.74, 6) is -0.130. The summed E-state index contributed by atoms with van der Waals surface area (Å²) < 4.78 is 4.99. The van der Waals surface area contributed by atoms with Crippen LogP contribution in [0, 0.1) is 17.2 Å². The monoisotopic (exact) mass is 327 g/mol. The maximum absolute atomic E-state index is 12.2. The molecule has 0 saturated carbocycles. The average molecular weight is 328 g/mol. The minimum atomic E-state index is -0.303. The second-order valence-electron chi connectivity index (χ2n) is 4.98. The number of carbonyl (C=O) groups excluding carboxylic acids is 2.